The average molecular weight is 458 g/mol. The van der Waals surface area contributed by atoms with Gasteiger partial charge in [0.05, 0.1) is 20.6 Å². The highest BCUT2D eigenvalue weighted by atomic mass is 16.4. The van der Waals surface area contributed by atoms with Gasteiger partial charge in [0, 0.05) is 12.9 Å². The molecule has 194 valence electrons. The van der Waals surface area contributed by atoms with Gasteiger partial charge in [0.2, 0.25) is 0 Å². The molecule has 0 aromatic heterocycles. The van der Waals surface area contributed by atoms with Crippen molar-refractivity contribution >= 4 is 5.97 Å². The fourth-order valence-electron chi connectivity index (χ4n) is 3.96. The predicted molar refractivity (Wildman–Crippen MR) is 137 cm³/mol. The van der Waals surface area contributed by atoms with E-state index in [0.717, 1.165) is 18.0 Å². The number of unbranched alkanes of at least 4 members (excludes halogenated alkanes) is 19. The SMILES string of the molecule is CC(=O)[O-].CCCCCCCCCCCCCCCCCCCCCC[N+](C)(C)C(C)O. The maximum atomic E-state index is 9.71. The number of aliphatic hydroxyl groups excluding tert-OH is 1. The molecule has 0 aromatic carbocycles. The molecule has 0 spiro atoms. The van der Waals surface area contributed by atoms with Gasteiger partial charge < -0.3 is 19.5 Å². The Bertz CT molecular complexity index is 379. The van der Waals surface area contributed by atoms with Crippen LogP contribution in [0.5, 0.6) is 0 Å². The van der Waals surface area contributed by atoms with E-state index in [1.807, 2.05) is 6.92 Å². The Morgan fingerprint density at radius 3 is 1.09 bits per heavy atom. The molecule has 4 nitrogen and oxygen atoms in total. The van der Waals surface area contributed by atoms with Crippen molar-refractivity contribution in [2.45, 2.75) is 155 Å². The van der Waals surface area contributed by atoms with E-state index in [9.17, 15) is 5.11 Å². The third kappa shape index (κ3) is 29.4. The highest BCUT2D eigenvalue weighted by Crippen LogP contribution is 2.15. The van der Waals surface area contributed by atoms with E-state index in [4.69, 9.17) is 9.90 Å². The predicted octanol–water partition coefficient (Wildman–Crippen LogP) is 6.98. The molecule has 0 fully saturated rings. The largest absolute Gasteiger partial charge is 0.550 e. The van der Waals surface area contributed by atoms with Gasteiger partial charge in [-0.3, -0.25) is 0 Å². The lowest BCUT2D eigenvalue weighted by atomic mass is 10.0. The van der Waals surface area contributed by atoms with Crippen molar-refractivity contribution < 1.29 is 19.5 Å². The first kappa shape index (κ1) is 33.6. The van der Waals surface area contributed by atoms with E-state index in [2.05, 4.69) is 21.0 Å². The van der Waals surface area contributed by atoms with Crippen LogP contribution < -0.4 is 5.11 Å². The minimum Gasteiger partial charge on any atom is -0.550 e. The van der Waals surface area contributed by atoms with Gasteiger partial charge in [0.15, 0.2) is 6.23 Å². The topological polar surface area (TPSA) is 60.4 Å². The Morgan fingerprint density at radius 1 is 0.656 bits per heavy atom. The molecule has 0 aliphatic rings. The summed E-state index contributed by atoms with van der Waals surface area (Å²) < 4.78 is 0.735. The molecule has 0 rings (SSSR count). The number of nitrogens with zero attached hydrogens (tertiary/aromatic N) is 1. The van der Waals surface area contributed by atoms with Crippen LogP contribution in [0.15, 0.2) is 0 Å². The second kappa shape index (κ2) is 25.0. The fraction of sp³-hybridized carbons (Fsp3) is 0.964. The number of carbonyl (C=O) groups is 1. The molecular formula is C28H59NO3. The first-order valence-electron chi connectivity index (χ1n) is 13.9. The molecule has 0 aliphatic carbocycles. The van der Waals surface area contributed by atoms with Crippen LogP contribution in [0.25, 0.3) is 0 Å². The summed E-state index contributed by atoms with van der Waals surface area (Å²) in [6, 6.07) is 0. The van der Waals surface area contributed by atoms with Crippen molar-refractivity contribution in [2.24, 2.45) is 0 Å². The van der Waals surface area contributed by atoms with Crippen LogP contribution >= 0.6 is 0 Å². The summed E-state index contributed by atoms with van der Waals surface area (Å²) in [4.78, 5) is 8.89. The summed E-state index contributed by atoms with van der Waals surface area (Å²) in [6.45, 7) is 6.26. The van der Waals surface area contributed by atoms with E-state index in [-0.39, 0.29) is 6.23 Å². The Kier molecular flexibility index (Phi) is 26.2. The van der Waals surface area contributed by atoms with Crippen LogP contribution in [0.3, 0.4) is 0 Å². The summed E-state index contributed by atoms with van der Waals surface area (Å²) >= 11 is 0. The maximum absolute atomic E-state index is 9.71. The number of carboxylic acids is 1. The number of aliphatic carboxylic acids is 1. The zero-order valence-corrected chi connectivity index (χ0v) is 22.6. The lowest BCUT2D eigenvalue weighted by Gasteiger charge is -2.32. The Labute approximate surface area is 201 Å². The second-order valence-corrected chi connectivity index (χ2v) is 10.3. The minimum atomic E-state index is -1.08. The molecule has 0 bridgehead atoms. The lowest BCUT2D eigenvalue weighted by Crippen LogP contribution is -2.47. The molecule has 32 heavy (non-hydrogen) atoms. The average Bonchev–Trinajstić information content (AvgIpc) is 2.71. The first-order valence-corrected chi connectivity index (χ1v) is 13.9. The van der Waals surface area contributed by atoms with Crippen LogP contribution in [0.2, 0.25) is 0 Å². The van der Waals surface area contributed by atoms with E-state index in [1.54, 1.807) is 0 Å². The standard InChI is InChI=1S/C26H56NO.C2H4O2/c1-5-6-7-8-9-10-11-12-13-14-15-16-17-18-19-20-21-22-23-24-25-27(3,4)26(2)28;1-2(3)4/h26,28H,5-25H2,1-4H3;1H3,(H,3,4)/q+1;/p-1. The van der Waals surface area contributed by atoms with E-state index >= 15 is 0 Å². The van der Waals surface area contributed by atoms with Crippen molar-refractivity contribution in [2.75, 3.05) is 20.6 Å². The van der Waals surface area contributed by atoms with Crippen molar-refractivity contribution in [3.8, 4) is 0 Å². The molecule has 0 saturated heterocycles. The zero-order valence-electron chi connectivity index (χ0n) is 22.6. The smallest absolute Gasteiger partial charge is 0.187 e. The van der Waals surface area contributed by atoms with Crippen LogP contribution in [-0.4, -0.2) is 42.4 Å². The number of hydrogen-bond donors (Lipinski definition) is 1. The molecule has 0 heterocycles. The molecule has 1 unspecified atom stereocenters. The van der Waals surface area contributed by atoms with Gasteiger partial charge >= 0.3 is 0 Å². The van der Waals surface area contributed by atoms with E-state index in [1.165, 1.54) is 128 Å². The van der Waals surface area contributed by atoms with Gasteiger partial charge in [-0.15, -0.1) is 0 Å². The molecule has 4 heteroatoms. The summed E-state index contributed by atoms with van der Waals surface area (Å²) in [6.07, 6.45) is 28.3. The summed E-state index contributed by atoms with van der Waals surface area (Å²) in [5.74, 6) is -1.08. The van der Waals surface area contributed by atoms with Crippen molar-refractivity contribution in [3.05, 3.63) is 0 Å². The highest BCUT2D eigenvalue weighted by molar-refractivity contribution is 5.60. The van der Waals surface area contributed by atoms with Crippen molar-refractivity contribution in [1.29, 1.82) is 0 Å². The Balaban J connectivity index is 0. The van der Waals surface area contributed by atoms with Gasteiger partial charge in [-0.25, -0.2) is 0 Å². The molecule has 0 radical (unpaired) electrons. The number of hydrogen-bond acceptors (Lipinski definition) is 3. The molecule has 1 atom stereocenters. The van der Waals surface area contributed by atoms with Gasteiger partial charge in [0.1, 0.15) is 0 Å². The lowest BCUT2D eigenvalue weighted by molar-refractivity contribution is -0.934. The minimum absolute atomic E-state index is 0.250. The quantitative estimate of drug-likeness (QED) is 0.108. The first-order chi connectivity index (χ1) is 15.2. The zero-order chi connectivity index (χ0) is 24.5. The second-order valence-electron chi connectivity index (χ2n) is 10.3. The molecule has 0 amide bonds. The Hall–Kier alpha value is -0.610. The third-order valence-electron chi connectivity index (χ3n) is 6.60. The van der Waals surface area contributed by atoms with Gasteiger partial charge in [-0.2, -0.15) is 0 Å². The maximum Gasteiger partial charge on any atom is 0.187 e. The van der Waals surface area contributed by atoms with Gasteiger partial charge in [-0.1, -0.05) is 122 Å². The monoisotopic (exact) mass is 457 g/mol. The Morgan fingerprint density at radius 2 is 0.875 bits per heavy atom. The fourth-order valence-corrected chi connectivity index (χ4v) is 3.96. The van der Waals surface area contributed by atoms with Crippen LogP contribution in [0.1, 0.15) is 149 Å². The van der Waals surface area contributed by atoms with Crippen molar-refractivity contribution in [3.63, 3.8) is 0 Å². The number of carbonyl (C=O) groups excluding carboxylic acids is 1. The number of carboxylic acid groups (broad SMARTS) is 1. The summed E-state index contributed by atoms with van der Waals surface area (Å²) in [5.41, 5.74) is 0. The van der Waals surface area contributed by atoms with E-state index in [0.29, 0.717) is 0 Å². The van der Waals surface area contributed by atoms with Crippen LogP contribution in [0, 0.1) is 0 Å². The molecule has 0 saturated carbocycles. The summed E-state index contributed by atoms with van der Waals surface area (Å²) in [7, 11) is 4.25. The number of rotatable bonds is 22. The summed E-state index contributed by atoms with van der Waals surface area (Å²) in [5, 5.41) is 18.6. The van der Waals surface area contributed by atoms with Gasteiger partial charge in [0.25, 0.3) is 0 Å². The molecule has 0 aliphatic heterocycles. The normalized spacial score (nSPS) is 12.3. The van der Waals surface area contributed by atoms with Crippen LogP contribution in [0.4, 0.5) is 0 Å². The van der Waals surface area contributed by atoms with Gasteiger partial charge in [-0.05, 0) is 19.8 Å². The van der Waals surface area contributed by atoms with Crippen LogP contribution in [-0.2, 0) is 4.79 Å². The molecular weight excluding hydrogens is 398 g/mol. The highest BCUT2D eigenvalue weighted by Gasteiger charge is 2.20. The third-order valence-corrected chi connectivity index (χ3v) is 6.60. The number of quaternary nitrogens is 1. The molecule has 1 N–H and O–H groups in total. The number of aliphatic hydroxyl groups is 1. The molecule has 0 aromatic rings. The van der Waals surface area contributed by atoms with E-state index < -0.39 is 5.97 Å². The van der Waals surface area contributed by atoms with Crippen molar-refractivity contribution in [1.82, 2.24) is 0 Å².